The van der Waals surface area contributed by atoms with E-state index in [1.165, 1.54) is 0 Å². The van der Waals surface area contributed by atoms with Crippen LogP contribution in [0.1, 0.15) is 5.56 Å². The van der Waals surface area contributed by atoms with Gasteiger partial charge in [0, 0.05) is 19.8 Å². The van der Waals surface area contributed by atoms with E-state index in [4.69, 9.17) is 23.2 Å². The van der Waals surface area contributed by atoms with Crippen LogP contribution < -0.4 is 10.6 Å². The second-order valence-electron chi connectivity index (χ2n) is 3.05. The Balaban J connectivity index is 2.66. The molecule has 0 aromatic carbocycles. The first-order valence-corrected chi connectivity index (χ1v) is 5.35. The van der Waals surface area contributed by atoms with Gasteiger partial charge in [-0.1, -0.05) is 23.2 Å². The molecule has 0 aliphatic heterocycles. The summed E-state index contributed by atoms with van der Waals surface area (Å²) in [5.74, 6) is 0.293. The number of hydrogen-bond acceptors (Lipinski definition) is 5. The molecule has 0 fully saturated rings. The summed E-state index contributed by atoms with van der Waals surface area (Å²) in [6.07, 6.45) is 2.38. The van der Waals surface area contributed by atoms with Crippen LogP contribution in [0.15, 0.2) is 24.3 Å². The Kier molecular flexibility index (Phi) is 4.99. The van der Waals surface area contributed by atoms with Crippen LogP contribution in [0.3, 0.4) is 0 Å². The standard InChI is InChI=1S/C9H10Cl2N4O2/c1-12-8(5-15(16)17)13-3-6-2-7(10)9(11)14-4-6/h2,4-5,12-13H,3H2,1H3/b8-5+. The minimum absolute atomic E-state index is 0.227. The van der Waals surface area contributed by atoms with Crippen molar-refractivity contribution in [1.29, 1.82) is 0 Å². The van der Waals surface area contributed by atoms with Crippen LogP contribution in [0.4, 0.5) is 0 Å². The van der Waals surface area contributed by atoms with Gasteiger partial charge in [0.2, 0.25) is 0 Å². The monoisotopic (exact) mass is 276 g/mol. The van der Waals surface area contributed by atoms with Crippen LogP contribution in [-0.2, 0) is 6.54 Å². The van der Waals surface area contributed by atoms with Gasteiger partial charge in [-0.3, -0.25) is 10.1 Å². The summed E-state index contributed by atoms with van der Waals surface area (Å²) in [4.78, 5) is 13.6. The molecular formula is C9H10Cl2N4O2. The average molecular weight is 277 g/mol. The van der Waals surface area contributed by atoms with E-state index in [1.54, 1.807) is 19.3 Å². The summed E-state index contributed by atoms with van der Waals surface area (Å²) >= 11 is 11.4. The van der Waals surface area contributed by atoms with Gasteiger partial charge in [-0.05, 0) is 11.6 Å². The zero-order valence-corrected chi connectivity index (χ0v) is 10.4. The van der Waals surface area contributed by atoms with Crippen molar-refractivity contribution in [3.63, 3.8) is 0 Å². The highest BCUT2D eigenvalue weighted by molar-refractivity contribution is 6.41. The quantitative estimate of drug-likeness (QED) is 0.487. The van der Waals surface area contributed by atoms with Gasteiger partial charge in [-0.25, -0.2) is 4.98 Å². The molecule has 1 heterocycles. The Hall–Kier alpha value is -1.53. The number of halogens is 2. The summed E-state index contributed by atoms with van der Waals surface area (Å²) in [6, 6.07) is 1.64. The molecule has 0 bridgehead atoms. The van der Waals surface area contributed by atoms with Gasteiger partial charge < -0.3 is 10.6 Å². The molecule has 1 aromatic rings. The molecule has 0 radical (unpaired) electrons. The lowest BCUT2D eigenvalue weighted by Crippen LogP contribution is -2.24. The van der Waals surface area contributed by atoms with Crippen LogP contribution >= 0.6 is 23.2 Å². The normalized spacial score (nSPS) is 11.1. The molecule has 2 N–H and O–H groups in total. The molecule has 0 aliphatic rings. The number of rotatable bonds is 5. The summed E-state index contributed by atoms with van der Waals surface area (Å²) in [6.45, 7) is 0.352. The highest BCUT2D eigenvalue weighted by Gasteiger charge is 2.03. The van der Waals surface area contributed by atoms with E-state index < -0.39 is 4.92 Å². The van der Waals surface area contributed by atoms with Crippen LogP contribution in [0.5, 0.6) is 0 Å². The summed E-state index contributed by atoms with van der Waals surface area (Å²) < 4.78 is 0. The van der Waals surface area contributed by atoms with E-state index in [0.29, 0.717) is 17.4 Å². The summed E-state index contributed by atoms with van der Waals surface area (Å²) in [7, 11) is 1.58. The molecule has 0 saturated heterocycles. The first kappa shape index (κ1) is 13.5. The van der Waals surface area contributed by atoms with Gasteiger partial charge in [0.25, 0.3) is 6.20 Å². The topological polar surface area (TPSA) is 80.1 Å². The number of nitro groups is 1. The Bertz CT molecular complexity index is 451. The first-order valence-electron chi connectivity index (χ1n) is 4.59. The zero-order valence-electron chi connectivity index (χ0n) is 8.91. The number of nitrogens with one attached hydrogen (secondary N) is 2. The molecule has 17 heavy (non-hydrogen) atoms. The Labute approximate surface area is 108 Å². The van der Waals surface area contributed by atoms with Gasteiger partial charge in [0.05, 0.1) is 9.95 Å². The zero-order chi connectivity index (χ0) is 12.8. The molecule has 6 nitrogen and oxygen atoms in total. The number of pyridine rings is 1. The molecule has 0 aliphatic carbocycles. The third-order valence-electron chi connectivity index (χ3n) is 1.84. The van der Waals surface area contributed by atoms with E-state index in [0.717, 1.165) is 11.8 Å². The van der Waals surface area contributed by atoms with Crippen LogP contribution in [-0.4, -0.2) is 17.0 Å². The lowest BCUT2D eigenvalue weighted by Gasteiger charge is -2.08. The van der Waals surface area contributed by atoms with Crippen molar-refractivity contribution in [3.05, 3.63) is 50.1 Å². The van der Waals surface area contributed by atoms with Gasteiger partial charge in [0.15, 0.2) is 5.82 Å². The SMILES string of the molecule is CN/C(=C\[N+](=O)[O-])NCc1cnc(Cl)c(Cl)c1. The van der Waals surface area contributed by atoms with Crippen LogP contribution in [0.2, 0.25) is 10.2 Å². The van der Waals surface area contributed by atoms with Crippen LogP contribution in [0, 0.1) is 10.1 Å². The van der Waals surface area contributed by atoms with E-state index in [2.05, 4.69) is 15.6 Å². The van der Waals surface area contributed by atoms with Crippen molar-refractivity contribution in [2.45, 2.75) is 6.54 Å². The van der Waals surface area contributed by atoms with Crippen molar-refractivity contribution >= 4 is 23.2 Å². The fourth-order valence-electron chi connectivity index (χ4n) is 1.06. The number of nitrogens with zero attached hydrogens (tertiary/aromatic N) is 2. The lowest BCUT2D eigenvalue weighted by atomic mass is 10.3. The van der Waals surface area contributed by atoms with Crippen molar-refractivity contribution < 1.29 is 4.92 Å². The second kappa shape index (κ2) is 6.27. The molecule has 0 atom stereocenters. The highest BCUT2D eigenvalue weighted by atomic mass is 35.5. The molecule has 92 valence electrons. The summed E-state index contributed by atoms with van der Waals surface area (Å²) in [5.41, 5.74) is 0.767. The van der Waals surface area contributed by atoms with Gasteiger partial charge in [-0.15, -0.1) is 0 Å². The van der Waals surface area contributed by atoms with E-state index in [1.807, 2.05) is 0 Å². The maximum absolute atomic E-state index is 10.3. The molecule has 1 aromatic heterocycles. The lowest BCUT2D eigenvalue weighted by molar-refractivity contribution is -0.404. The Morgan fingerprint density at radius 3 is 2.88 bits per heavy atom. The molecular weight excluding hydrogens is 267 g/mol. The molecule has 0 amide bonds. The third-order valence-corrected chi connectivity index (χ3v) is 2.53. The molecule has 0 unspecified atom stereocenters. The molecule has 0 spiro atoms. The fourth-order valence-corrected chi connectivity index (χ4v) is 1.35. The Morgan fingerprint density at radius 1 is 1.65 bits per heavy atom. The van der Waals surface area contributed by atoms with Crippen molar-refractivity contribution in [2.24, 2.45) is 0 Å². The first-order chi connectivity index (χ1) is 8.02. The van der Waals surface area contributed by atoms with E-state index >= 15 is 0 Å². The second-order valence-corrected chi connectivity index (χ2v) is 3.81. The fraction of sp³-hybridized carbons (Fsp3) is 0.222. The van der Waals surface area contributed by atoms with Gasteiger partial charge in [-0.2, -0.15) is 0 Å². The predicted molar refractivity (Wildman–Crippen MR) is 65.2 cm³/mol. The Morgan fingerprint density at radius 2 is 2.35 bits per heavy atom. The molecule has 8 heteroatoms. The minimum Gasteiger partial charge on any atom is -0.370 e. The largest absolute Gasteiger partial charge is 0.370 e. The smallest absolute Gasteiger partial charge is 0.274 e. The minimum atomic E-state index is -0.550. The maximum atomic E-state index is 10.3. The predicted octanol–water partition coefficient (Wildman–Crippen LogP) is 1.77. The van der Waals surface area contributed by atoms with Crippen molar-refractivity contribution in [1.82, 2.24) is 15.6 Å². The number of aromatic nitrogens is 1. The average Bonchev–Trinajstić information content (AvgIpc) is 2.28. The van der Waals surface area contributed by atoms with Crippen LogP contribution in [0.25, 0.3) is 0 Å². The van der Waals surface area contributed by atoms with Gasteiger partial charge in [0.1, 0.15) is 5.15 Å². The van der Waals surface area contributed by atoms with Crippen molar-refractivity contribution in [3.8, 4) is 0 Å². The number of hydrogen-bond donors (Lipinski definition) is 2. The summed E-state index contributed by atoms with van der Waals surface area (Å²) in [5, 5.41) is 16.3. The van der Waals surface area contributed by atoms with E-state index in [9.17, 15) is 10.1 Å². The maximum Gasteiger partial charge on any atom is 0.274 e. The third kappa shape index (κ3) is 4.46. The molecule has 1 rings (SSSR count). The van der Waals surface area contributed by atoms with Gasteiger partial charge >= 0.3 is 0 Å². The molecule has 0 saturated carbocycles. The van der Waals surface area contributed by atoms with E-state index in [-0.39, 0.29) is 5.15 Å². The van der Waals surface area contributed by atoms with Crippen molar-refractivity contribution in [2.75, 3.05) is 7.05 Å². The highest BCUT2D eigenvalue weighted by Crippen LogP contribution is 2.19.